The lowest BCUT2D eigenvalue weighted by Crippen LogP contribution is -2.62. The van der Waals surface area contributed by atoms with E-state index < -0.39 is 34.1 Å². The lowest BCUT2D eigenvalue weighted by molar-refractivity contribution is 0.546. The zero-order valence-electron chi connectivity index (χ0n) is 17.0. The third kappa shape index (κ3) is 2.31. The van der Waals surface area contributed by atoms with Crippen molar-refractivity contribution in [2.75, 3.05) is 9.80 Å². The Labute approximate surface area is 189 Å². The topological polar surface area (TPSA) is 126 Å². The molecule has 33 heavy (non-hydrogen) atoms. The molecule has 6 rings (SSSR count). The van der Waals surface area contributed by atoms with Gasteiger partial charge in [-0.2, -0.15) is 0 Å². The van der Waals surface area contributed by atoms with Crippen LogP contribution >= 0.6 is 0 Å². The summed E-state index contributed by atoms with van der Waals surface area (Å²) >= 11 is 0. The van der Waals surface area contributed by atoms with Gasteiger partial charge in [-0.1, -0.05) is 30.4 Å². The minimum absolute atomic E-state index is 0.110. The number of allylic oxidation sites excluding steroid dienone is 4. The van der Waals surface area contributed by atoms with Gasteiger partial charge in [0.15, 0.2) is 21.7 Å². The molecular formula is C21H16N6O4S2. The smallest absolute Gasteiger partial charge is 0.276 e. The Bertz CT molecular complexity index is 1520. The van der Waals surface area contributed by atoms with Gasteiger partial charge in [0.1, 0.15) is 0 Å². The molecule has 0 atom stereocenters. The third-order valence-corrected chi connectivity index (χ3v) is 11.0. The Kier molecular flexibility index (Phi) is 4.05. The standard InChI is InChI=1S/C21H16N6O4S2/c28-32(29)19-20(25-14-13-24-19)33(30,31)21(32)26(15-7-3-1-4-8-15)17-18(23-12-11-22-17)27(21)16-9-5-2-6-10-16/h1-5,7-9,11-14H,6,10H2. The van der Waals surface area contributed by atoms with Gasteiger partial charge in [-0.15, -0.1) is 0 Å². The van der Waals surface area contributed by atoms with Gasteiger partial charge in [-0.3, -0.25) is 9.80 Å². The number of anilines is 3. The van der Waals surface area contributed by atoms with Crippen LogP contribution in [-0.4, -0.2) is 41.1 Å². The van der Waals surface area contributed by atoms with Crippen LogP contribution in [0.25, 0.3) is 0 Å². The van der Waals surface area contributed by atoms with E-state index in [1.54, 1.807) is 42.5 Å². The molecule has 12 heteroatoms. The van der Waals surface area contributed by atoms with Crippen molar-refractivity contribution in [2.24, 2.45) is 0 Å². The van der Waals surface area contributed by atoms with Gasteiger partial charge < -0.3 is 0 Å². The molecule has 166 valence electrons. The molecule has 0 amide bonds. The summed E-state index contributed by atoms with van der Waals surface area (Å²) in [4.78, 5) is 19.2. The molecular weight excluding hydrogens is 464 g/mol. The molecule has 0 N–H and O–H groups in total. The molecule has 1 spiro atoms. The van der Waals surface area contributed by atoms with E-state index in [0.717, 1.165) is 0 Å². The fraction of sp³-hybridized carbons (Fsp3) is 0.143. The van der Waals surface area contributed by atoms with Crippen molar-refractivity contribution < 1.29 is 16.8 Å². The Hall–Kier alpha value is -3.64. The van der Waals surface area contributed by atoms with E-state index >= 15 is 0 Å². The molecule has 2 aromatic heterocycles. The summed E-state index contributed by atoms with van der Waals surface area (Å²) in [6.45, 7) is 0. The second-order valence-corrected chi connectivity index (χ2v) is 11.7. The van der Waals surface area contributed by atoms with Gasteiger partial charge >= 0.3 is 4.33 Å². The second-order valence-electron chi connectivity index (χ2n) is 7.56. The van der Waals surface area contributed by atoms with Crippen molar-refractivity contribution >= 4 is 37.0 Å². The Morgan fingerprint density at radius 3 is 1.91 bits per heavy atom. The maximum Gasteiger partial charge on any atom is 0.344 e. The van der Waals surface area contributed by atoms with Gasteiger partial charge in [0.25, 0.3) is 19.7 Å². The maximum absolute atomic E-state index is 14.3. The van der Waals surface area contributed by atoms with E-state index in [2.05, 4.69) is 19.9 Å². The van der Waals surface area contributed by atoms with E-state index in [0.29, 0.717) is 24.2 Å². The van der Waals surface area contributed by atoms with Crippen molar-refractivity contribution in [3.8, 4) is 0 Å². The van der Waals surface area contributed by atoms with Crippen LogP contribution in [0.5, 0.6) is 0 Å². The molecule has 1 aliphatic carbocycles. The van der Waals surface area contributed by atoms with Crippen molar-refractivity contribution in [3.05, 3.63) is 79.0 Å². The Morgan fingerprint density at radius 1 is 0.758 bits per heavy atom. The van der Waals surface area contributed by atoms with Crippen molar-refractivity contribution in [1.29, 1.82) is 0 Å². The Morgan fingerprint density at radius 2 is 1.33 bits per heavy atom. The number of aromatic nitrogens is 4. The molecule has 3 aromatic rings. The molecule has 0 fully saturated rings. The summed E-state index contributed by atoms with van der Waals surface area (Å²) < 4.78 is 54.4. The second kappa shape index (κ2) is 6.68. The minimum atomic E-state index is -4.67. The normalized spacial score (nSPS) is 21.0. The lowest BCUT2D eigenvalue weighted by atomic mass is 10.1. The largest absolute Gasteiger partial charge is 0.344 e. The summed E-state index contributed by atoms with van der Waals surface area (Å²) in [7, 11) is -9.34. The number of rotatable bonds is 2. The van der Waals surface area contributed by atoms with E-state index in [9.17, 15) is 16.8 Å². The molecule has 0 bridgehead atoms. The van der Waals surface area contributed by atoms with Gasteiger partial charge in [-0.25, -0.2) is 36.8 Å². The zero-order valence-corrected chi connectivity index (χ0v) is 18.6. The SMILES string of the molecule is O=S1(=O)c2nccnc2S(=O)(=O)C12N(C1=CC=CCC1)c1nccnc1N2c1ccccc1. The highest BCUT2D eigenvalue weighted by atomic mass is 32.3. The molecule has 0 unspecified atom stereocenters. The van der Waals surface area contributed by atoms with Crippen molar-refractivity contribution in [3.63, 3.8) is 0 Å². The highest BCUT2D eigenvalue weighted by molar-refractivity contribution is 8.13. The van der Waals surface area contributed by atoms with Crippen molar-refractivity contribution in [1.82, 2.24) is 19.9 Å². The monoisotopic (exact) mass is 480 g/mol. The van der Waals surface area contributed by atoms with Gasteiger partial charge in [-0.05, 0) is 31.1 Å². The number of fused-ring (bicyclic) bond motifs is 2. The highest BCUT2D eigenvalue weighted by Crippen LogP contribution is 2.59. The molecule has 2 aliphatic heterocycles. The fourth-order valence-electron chi connectivity index (χ4n) is 4.52. The first-order valence-electron chi connectivity index (χ1n) is 10.0. The Balaban J connectivity index is 1.81. The first kappa shape index (κ1) is 20.0. The van der Waals surface area contributed by atoms with Gasteiger partial charge in [0.05, 0.1) is 0 Å². The van der Waals surface area contributed by atoms with Crippen molar-refractivity contribution in [2.45, 2.75) is 27.2 Å². The maximum atomic E-state index is 14.3. The molecule has 0 saturated carbocycles. The lowest BCUT2D eigenvalue weighted by Gasteiger charge is -2.40. The van der Waals surface area contributed by atoms with Crippen LogP contribution in [0.3, 0.4) is 0 Å². The average Bonchev–Trinajstić information content (AvgIpc) is 3.24. The number of hydrogen-bond acceptors (Lipinski definition) is 10. The molecule has 0 radical (unpaired) electrons. The summed E-state index contributed by atoms with van der Waals surface area (Å²) in [5.41, 5.74) is 0.811. The van der Waals surface area contributed by atoms with Crippen LogP contribution in [0.15, 0.2) is 89.1 Å². The van der Waals surface area contributed by atoms with Gasteiger partial charge in [0.2, 0.25) is 0 Å². The number of para-hydroxylation sites is 1. The minimum Gasteiger partial charge on any atom is -0.276 e. The predicted molar refractivity (Wildman–Crippen MR) is 119 cm³/mol. The van der Waals surface area contributed by atoms with E-state index in [4.69, 9.17) is 0 Å². The van der Waals surface area contributed by atoms with Crippen LogP contribution in [0, 0.1) is 0 Å². The molecule has 1 aromatic carbocycles. The molecule has 10 nitrogen and oxygen atoms in total. The van der Waals surface area contributed by atoms with Crippen LogP contribution < -0.4 is 9.80 Å². The fourth-order valence-corrected chi connectivity index (χ4v) is 10.0. The number of nitrogens with zero attached hydrogens (tertiary/aromatic N) is 6. The van der Waals surface area contributed by atoms with Gasteiger partial charge in [0, 0.05) is 36.2 Å². The summed E-state index contributed by atoms with van der Waals surface area (Å²) in [5, 5.41) is -1.17. The zero-order chi connectivity index (χ0) is 22.8. The van der Waals surface area contributed by atoms with E-state index in [-0.39, 0.29) is 11.6 Å². The van der Waals surface area contributed by atoms with Crippen LogP contribution in [0.2, 0.25) is 0 Å². The summed E-state index contributed by atoms with van der Waals surface area (Å²) in [6.07, 6.45) is 11.6. The predicted octanol–water partition coefficient (Wildman–Crippen LogP) is 2.33. The van der Waals surface area contributed by atoms with E-state index in [1.165, 1.54) is 34.6 Å². The van der Waals surface area contributed by atoms with E-state index in [1.807, 2.05) is 6.08 Å². The van der Waals surface area contributed by atoms with Crippen LogP contribution in [0.4, 0.5) is 17.3 Å². The summed E-state index contributed by atoms with van der Waals surface area (Å²) in [5.74, 6) is 0.238. The third-order valence-electron chi connectivity index (χ3n) is 5.78. The highest BCUT2D eigenvalue weighted by Gasteiger charge is 2.76. The number of hydrogen-bond donors (Lipinski definition) is 0. The van der Waals surface area contributed by atoms with Crippen LogP contribution in [0.1, 0.15) is 12.8 Å². The quantitative estimate of drug-likeness (QED) is 0.539. The molecule has 4 heterocycles. The molecule has 3 aliphatic rings. The number of benzene rings is 1. The number of sulfone groups is 2. The van der Waals surface area contributed by atoms with Crippen LogP contribution in [-0.2, 0) is 19.7 Å². The first-order chi connectivity index (χ1) is 15.9. The average molecular weight is 481 g/mol. The first-order valence-corrected chi connectivity index (χ1v) is 13.0. The molecule has 0 saturated heterocycles. The summed E-state index contributed by atoms with van der Waals surface area (Å²) in [6, 6.07) is 8.41.